The van der Waals surface area contributed by atoms with Gasteiger partial charge in [0.15, 0.2) is 5.92 Å². The Balaban J connectivity index is 2.11. The zero-order valence-corrected chi connectivity index (χ0v) is 14.6. The average molecular weight is 324 g/mol. The van der Waals surface area contributed by atoms with Crippen LogP contribution in [0.25, 0.3) is 0 Å². The predicted molar refractivity (Wildman–Crippen MR) is 84.5 cm³/mol. The molecule has 3 atom stereocenters. The van der Waals surface area contributed by atoms with Crippen LogP contribution in [0, 0.1) is 29.1 Å². The highest BCUT2D eigenvalue weighted by atomic mass is 16.6. The number of carbonyl (C=O) groups is 3. The second kappa shape index (κ2) is 7.02. The van der Waals surface area contributed by atoms with Crippen LogP contribution in [0.4, 0.5) is 0 Å². The molecule has 0 N–H and O–H groups in total. The Labute approximate surface area is 138 Å². The lowest BCUT2D eigenvalue weighted by Crippen LogP contribution is -2.39. The standard InChI is InChI=1S/C18H28O5/c1-5-22-16(20)13(17(21)23-6-2)10-14(19)15-11-7-8-12(9-11)18(15,3)4/h11-13,15H,5-10H2,1-4H3. The Morgan fingerprint density at radius 1 is 1.04 bits per heavy atom. The lowest BCUT2D eigenvalue weighted by molar-refractivity contribution is -0.163. The van der Waals surface area contributed by atoms with Gasteiger partial charge < -0.3 is 9.47 Å². The fraction of sp³-hybridized carbons (Fsp3) is 0.833. The minimum absolute atomic E-state index is 0.00769. The van der Waals surface area contributed by atoms with E-state index >= 15 is 0 Å². The number of ketones is 1. The van der Waals surface area contributed by atoms with E-state index in [1.54, 1.807) is 13.8 Å². The Hall–Kier alpha value is -1.39. The van der Waals surface area contributed by atoms with Crippen molar-refractivity contribution in [3.8, 4) is 0 Å². The van der Waals surface area contributed by atoms with Gasteiger partial charge in [-0.15, -0.1) is 0 Å². The van der Waals surface area contributed by atoms with Crippen molar-refractivity contribution in [1.82, 2.24) is 0 Å². The molecule has 0 aliphatic heterocycles. The molecule has 0 radical (unpaired) electrons. The molecule has 5 heteroatoms. The number of esters is 2. The summed E-state index contributed by atoms with van der Waals surface area (Å²) in [6, 6.07) is 0. The lowest BCUT2D eigenvalue weighted by Gasteiger charge is -2.37. The molecular weight excluding hydrogens is 296 g/mol. The van der Waals surface area contributed by atoms with Crippen LogP contribution in [-0.2, 0) is 23.9 Å². The summed E-state index contributed by atoms with van der Waals surface area (Å²) in [7, 11) is 0. The summed E-state index contributed by atoms with van der Waals surface area (Å²) in [5.74, 6) is -1.52. The van der Waals surface area contributed by atoms with Crippen molar-refractivity contribution in [3.05, 3.63) is 0 Å². The first-order valence-corrected chi connectivity index (χ1v) is 8.68. The molecule has 23 heavy (non-hydrogen) atoms. The summed E-state index contributed by atoms with van der Waals surface area (Å²) in [5.41, 5.74) is -0.0477. The van der Waals surface area contributed by atoms with Gasteiger partial charge in [0, 0.05) is 12.3 Å². The topological polar surface area (TPSA) is 69.7 Å². The maximum Gasteiger partial charge on any atom is 0.320 e. The van der Waals surface area contributed by atoms with Gasteiger partial charge in [-0.05, 0) is 50.4 Å². The highest BCUT2D eigenvalue weighted by Crippen LogP contribution is 2.59. The van der Waals surface area contributed by atoms with E-state index in [0.717, 1.165) is 12.8 Å². The van der Waals surface area contributed by atoms with Crippen LogP contribution in [0.1, 0.15) is 53.4 Å². The molecule has 0 aromatic carbocycles. The predicted octanol–water partition coefficient (Wildman–Crippen LogP) is 2.76. The number of fused-ring (bicyclic) bond motifs is 2. The molecule has 0 aromatic heterocycles. The first kappa shape index (κ1) is 18.0. The van der Waals surface area contributed by atoms with Gasteiger partial charge in [0.05, 0.1) is 13.2 Å². The van der Waals surface area contributed by atoms with Crippen molar-refractivity contribution in [2.45, 2.75) is 53.4 Å². The van der Waals surface area contributed by atoms with Crippen molar-refractivity contribution in [2.24, 2.45) is 29.1 Å². The third kappa shape index (κ3) is 3.43. The van der Waals surface area contributed by atoms with Crippen LogP contribution in [-0.4, -0.2) is 30.9 Å². The SMILES string of the molecule is CCOC(=O)C(CC(=O)C1C2CCC(C2)C1(C)C)C(=O)OCC. The Kier molecular flexibility index (Phi) is 5.48. The van der Waals surface area contributed by atoms with Crippen LogP contribution in [0.2, 0.25) is 0 Å². The maximum absolute atomic E-state index is 12.9. The third-order valence-corrected chi connectivity index (χ3v) is 5.69. The molecule has 5 nitrogen and oxygen atoms in total. The molecule has 3 unspecified atom stereocenters. The number of Topliss-reactive ketones (excluding diaryl/α,β-unsaturated/α-hetero) is 1. The van der Waals surface area contributed by atoms with Crippen molar-refractivity contribution in [1.29, 1.82) is 0 Å². The summed E-state index contributed by atoms with van der Waals surface area (Å²) in [6.45, 7) is 8.01. The number of rotatable bonds is 7. The zero-order valence-electron chi connectivity index (χ0n) is 14.6. The molecule has 0 amide bonds. The molecule has 0 aromatic rings. The normalized spacial score (nSPS) is 28.0. The average Bonchev–Trinajstić information content (AvgIpc) is 3.03. The van der Waals surface area contributed by atoms with Crippen LogP contribution in [0.5, 0.6) is 0 Å². The van der Waals surface area contributed by atoms with E-state index in [1.807, 2.05) is 0 Å². The van der Waals surface area contributed by atoms with Gasteiger partial charge >= 0.3 is 11.9 Å². The number of ether oxygens (including phenoxy) is 2. The molecule has 2 aliphatic carbocycles. The summed E-state index contributed by atoms with van der Waals surface area (Å²) < 4.78 is 9.91. The lowest BCUT2D eigenvalue weighted by atomic mass is 9.66. The monoisotopic (exact) mass is 324 g/mol. The Morgan fingerprint density at radius 2 is 1.61 bits per heavy atom. The molecule has 2 aliphatic rings. The molecule has 130 valence electrons. The van der Waals surface area contributed by atoms with Crippen molar-refractivity contribution < 1.29 is 23.9 Å². The molecule has 0 heterocycles. The number of hydrogen-bond acceptors (Lipinski definition) is 5. The highest BCUT2D eigenvalue weighted by Gasteiger charge is 2.55. The van der Waals surface area contributed by atoms with Gasteiger partial charge in [-0.2, -0.15) is 0 Å². The van der Waals surface area contributed by atoms with Crippen LogP contribution in [0.15, 0.2) is 0 Å². The van der Waals surface area contributed by atoms with Gasteiger partial charge in [0.2, 0.25) is 0 Å². The van der Waals surface area contributed by atoms with Gasteiger partial charge in [0.25, 0.3) is 0 Å². The molecule has 0 saturated heterocycles. The minimum atomic E-state index is -1.13. The fourth-order valence-electron chi connectivity index (χ4n) is 4.61. The van der Waals surface area contributed by atoms with Gasteiger partial charge in [-0.25, -0.2) is 0 Å². The van der Waals surface area contributed by atoms with E-state index in [1.165, 1.54) is 6.42 Å². The first-order valence-electron chi connectivity index (χ1n) is 8.68. The first-order chi connectivity index (χ1) is 10.8. The summed E-state index contributed by atoms with van der Waals surface area (Å²) in [5, 5.41) is 0. The molecule has 2 fully saturated rings. The molecular formula is C18H28O5. The van der Waals surface area contributed by atoms with Gasteiger partial charge in [0.1, 0.15) is 5.78 Å². The van der Waals surface area contributed by atoms with E-state index in [2.05, 4.69) is 13.8 Å². The van der Waals surface area contributed by atoms with E-state index in [9.17, 15) is 14.4 Å². The van der Waals surface area contributed by atoms with Crippen molar-refractivity contribution in [3.63, 3.8) is 0 Å². The van der Waals surface area contributed by atoms with Crippen molar-refractivity contribution >= 4 is 17.7 Å². The van der Waals surface area contributed by atoms with Crippen molar-refractivity contribution in [2.75, 3.05) is 13.2 Å². The van der Waals surface area contributed by atoms with Crippen LogP contribution >= 0.6 is 0 Å². The van der Waals surface area contributed by atoms with Gasteiger partial charge in [-0.1, -0.05) is 13.8 Å². The quantitative estimate of drug-likeness (QED) is 0.532. The van der Waals surface area contributed by atoms with Crippen LogP contribution in [0.3, 0.4) is 0 Å². The largest absolute Gasteiger partial charge is 0.465 e. The summed E-state index contributed by atoms with van der Waals surface area (Å²) in [6.07, 6.45) is 3.25. The molecule has 2 bridgehead atoms. The summed E-state index contributed by atoms with van der Waals surface area (Å²) >= 11 is 0. The number of carbonyl (C=O) groups excluding carboxylic acids is 3. The summed E-state index contributed by atoms with van der Waals surface area (Å²) in [4.78, 5) is 37.0. The van der Waals surface area contributed by atoms with E-state index < -0.39 is 17.9 Å². The second-order valence-electron chi connectivity index (χ2n) is 7.30. The van der Waals surface area contributed by atoms with E-state index in [-0.39, 0.29) is 36.8 Å². The smallest absolute Gasteiger partial charge is 0.320 e. The Morgan fingerprint density at radius 3 is 2.04 bits per heavy atom. The fourth-order valence-corrected chi connectivity index (χ4v) is 4.61. The molecule has 2 rings (SSSR count). The molecule has 0 spiro atoms. The Bertz CT molecular complexity index is 464. The zero-order chi connectivity index (χ0) is 17.2. The second-order valence-corrected chi connectivity index (χ2v) is 7.30. The van der Waals surface area contributed by atoms with E-state index in [4.69, 9.17) is 9.47 Å². The van der Waals surface area contributed by atoms with Crippen LogP contribution < -0.4 is 0 Å². The maximum atomic E-state index is 12.9. The highest BCUT2D eigenvalue weighted by molar-refractivity contribution is 5.99. The minimum Gasteiger partial charge on any atom is -0.465 e. The van der Waals surface area contributed by atoms with Gasteiger partial charge in [-0.3, -0.25) is 14.4 Å². The molecule has 2 saturated carbocycles. The number of hydrogen-bond donors (Lipinski definition) is 0. The third-order valence-electron chi connectivity index (χ3n) is 5.69. The van der Waals surface area contributed by atoms with E-state index in [0.29, 0.717) is 11.8 Å².